The van der Waals surface area contributed by atoms with Crippen LogP contribution in [0.4, 0.5) is 0 Å². The summed E-state index contributed by atoms with van der Waals surface area (Å²) >= 11 is 1.73. The van der Waals surface area contributed by atoms with Gasteiger partial charge in [-0.2, -0.15) is 0 Å². The van der Waals surface area contributed by atoms with Crippen molar-refractivity contribution in [3.63, 3.8) is 0 Å². The van der Waals surface area contributed by atoms with Crippen LogP contribution in [0, 0.1) is 0 Å². The first-order valence-corrected chi connectivity index (χ1v) is 8.34. The van der Waals surface area contributed by atoms with Gasteiger partial charge in [-0.25, -0.2) is 0 Å². The van der Waals surface area contributed by atoms with Crippen LogP contribution in [0.1, 0.15) is 39.9 Å². The molecule has 0 amide bonds. The summed E-state index contributed by atoms with van der Waals surface area (Å²) in [6, 6.07) is 14.1. The Hall–Kier alpha value is -1.93. The van der Waals surface area contributed by atoms with Crippen LogP contribution in [-0.4, -0.2) is 5.78 Å². The van der Waals surface area contributed by atoms with Crippen LogP contribution in [0.2, 0.25) is 0 Å². The second-order valence-electron chi connectivity index (χ2n) is 5.62. The topological polar surface area (TPSA) is 17.1 Å². The van der Waals surface area contributed by atoms with Gasteiger partial charge in [-0.3, -0.25) is 4.79 Å². The van der Waals surface area contributed by atoms with E-state index in [0.29, 0.717) is 0 Å². The van der Waals surface area contributed by atoms with E-state index in [-0.39, 0.29) is 5.78 Å². The fourth-order valence-corrected chi connectivity index (χ4v) is 4.18. The predicted molar refractivity (Wildman–Crippen MR) is 88.3 cm³/mol. The number of carbonyl (C=O) groups is 1. The van der Waals surface area contributed by atoms with E-state index in [1.54, 1.807) is 11.3 Å². The molecule has 3 aromatic rings. The number of hydrogen-bond acceptors (Lipinski definition) is 2. The van der Waals surface area contributed by atoms with Crippen molar-refractivity contribution < 1.29 is 4.79 Å². The zero-order chi connectivity index (χ0) is 14.2. The van der Waals surface area contributed by atoms with Gasteiger partial charge in [0.05, 0.1) is 0 Å². The van der Waals surface area contributed by atoms with Crippen LogP contribution < -0.4 is 0 Å². The summed E-state index contributed by atoms with van der Waals surface area (Å²) in [5.41, 5.74) is 4.43. The first-order chi connectivity index (χ1) is 10.3. The van der Waals surface area contributed by atoms with Gasteiger partial charge in [0.2, 0.25) is 0 Å². The molecule has 0 atom stereocenters. The molecular formula is C19H16OS. The van der Waals surface area contributed by atoms with Gasteiger partial charge in [0.1, 0.15) is 0 Å². The van der Waals surface area contributed by atoms with Crippen LogP contribution in [0.3, 0.4) is 0 Å². The number of carbonyl (C=O) groups excluding carboxylic acids is 1. The van der Waals surface area contributed by atoms with E-state index < -0.39 is 0 Å². The Labute approximate surface area is 128 Å². The summed E-state index contributed by atoms with van der Waals surface area (Å²) < 4.78 is 1.25. The number of ketones is 1. The molecule has 0 saturated heterocycles. The van der Waals surface area contributed by atoms with Gasteiger partial charge in [-0.05, 0) is 54.3 Å². The minimum absolute atomic E-state index is 0.178. The van der Waals surface area contributed by atoms with Crippen molar-refractivity contribution in [3.05, 3.63) is 70.1 Å². The Bertz CT molecular complexity index is 814. The quantitative estimate of drug-likeness (QED) is 0.607. The van der Waals surface area contributed by atoms with E-state index in [0.717, 1.165) is 29.4 Å². The third-order valence-corrected chi connectivity index (χ3v) is 5.21. The molecule has 2 heteroatoms. The van der Waals surface area contributed by atoms with Gasteiger partial charge >= 0.3 is 0 Å². The standard InChI is InChI=1S/C19H16OS/c20-19(13-6-2-1-3-7-13)18-15-9-5-4-8-14(15)12-17-16(18)10-11-21-17/h1-3,6-7,10-12H,4-5,8-9H2. The van der Waals surface area contributed by atoms with Gasteiger partial charge in [0.25, 0.3) is 0 Å². The molecule has 21 heavy (non-hydrogen) atoms. The van der Waals surface area contributed by atoms with Gasteiger partial charge < -0.3 is 0 Å². The van der Waals surface area contributed by atoms with Crippen molar-refractivity contribution in [1.29, 1.82) is 0 Å². The number of fused-ring (bicyclic) bond motifs is 2. The lowest BCUT2D eigenvalue weighted by Gasteiger charge is -2.20. The van der Waals surface area contributed by atoms with Crippen molar-refractivity contribution >= 4 is 27.2 Å². The van der Waals surface area contributed by atoms with E-state index in [4.69, 9.17) is 0 Å². The van der Waals surface area contributed by atoms with Crippen LogP contribution >= 0.6 is 11.3 Å². The Morgan fingerprint density at radius 1 is 1.00 bits per heavy atom. The molecule has 0 saturated carbocycles. The summed E-state index contributed by atoms with van der Waals surface area (Å²) in [6.07, 6.45) is 4.58. The van der Waals surface area contributed by atoms with Crippen LogP contribution in [0.5, 0.6) is 0 Å². The maximum atomic E-state index is 13.0. The molecule has 0 radical (unpaired) electrons. The van der Waals surface area contributed by atoms with Crippen molar-refractivity contribution in [2.24, 2.45) is 0 Å². The Morgan fingerprint density at radius 2 is 1.81 bits per heavy atom. The lowest BCUT2D eigenvalue weighted by molar-refractivity contribution is 0.103. The van der Waals surface area contributed by atoms with Crippen molar-refractivity contribution in [2.75, 3.05) is 0 Å². The van der Waals surface area contributed by atoms with Gasteiger partial charge in [-0.1, -0.05) is 30.3 Å². The maximum Gasteiger partial charge on any atom is 0.193 e. The minimum atomic E-state index is 0.178. The minimum Gasteiger partial charge on any atom is -0.289 e. The van der Waals surface area contributed by atoms with Gasteiger partial charge in [0.15, 0.2) is 5.78 Å². The summed E-state index contributed by atoms with van der Waals surface area (Å²) in [4.78, 5) is 13.0. The largest absolute Gasteiger partial charge is 0.289 e. The summed E-state index contributed by atoms with van der Waals surface area (Å²) in [5, 5.41) is 3.23. The average molecular weight is 292 g/mol. The lowest BCUT2D eigenvalue weighted by atomic mass is 9.84. The zero-order valence-corrected chi connectivity index (χ0v) is 12.6. The molecule has 4 rings (SSSR count). The monoisotopic (exact) mass is 292 g/mol. The van der Waals surface area contributed by atoms with Crippen molar-refractivity contribution in [2.45, 2.75) is 25.7 Å². The number of rotatable bonds is 2. The fraction of sp³-hybridized carbons (Fsp3) is 0.211. The summed E-state index contributed by atoms with van der Waals surface area (Å²) in [5.74, 6) is 0.178. The second-order valence-corrected chi connectivity index (χ2v) is 6.57. The molecular weight excluding hydrogens is 276 g/mol. The molecule has 2 aromatic carbocycles. The third-order valence-electron chi connectivity index (χ3n) is 4.35. The highest BCUT2D eigenvalue weighted by molar-refractivity contribution is 7.17. The smallest absolute Gasteiger partial charge is 0.193 e. The molecule has 0 bridgehead atoms. The molecule has 1 aliphatic rings. The molecule has 1 aromatic heterocycles. The molecule has 0 aliphatic heterocycles. The molecule has 104 valence electrons. The molecule has 0 N–H and O–H groups in total. The highest BCUT2D eigenvalue weighted by atomic mass is 32.1. The normalized spacial score (nSPS) is 14.1. The molecule has 0 fully saturated rings. The van der Waals surface area contributed by atoms with E-state index in [2.05, 4.69) is 17.5 Å². The molecule has 0 unspecified atom stereocenters. The number of hydrogen-bond donors (Lipinski definition) is 0. The first kappa shape index (κ1) is 12.8. The summed E-state index contributed by atoms with van der Waals surface area (Å²) in [6.45, 7) is 0. The third kappa shape index (κ3) is 2.11. The molecule has 1 nitrogen and oxygen atoms in total. The Balaban J connectivity index is 1.98. The lowest BCUT2D eigenvalue weighted by Crippen LogP contribution is -2.12. The van der Waals surface area contributed by atoms with Gasteiger partial charge in [-0.15, -0.1) is 11.3 Å². The number of benzene rings is 2. The number of aryl methyl sites for hydroxylation is 1. The first-order valence-electron chi connectivity index (χ1n) is 7.46. The second kappa shape index (κ2) is 5.12. The van der Waals surface area contributed by atoms with Crippen LogP contribution in [0.15, 0.2) is 47.8 Å². The molecule has 1 aliphatic carbocycles. The van der Waals surface area contributed by atoms with Crippen molar-refractivity contribution in [3.8, 4) is 0 Å². The van der Waals surface area contributed by atoms with Crippen molar-refractivity contribution in [1.82, 2.24) is 0 Å². The van der Waals surface area contributed by atoms with Crippen LogP contribution in [-0.2, 0) is 12.8 Å². The van der Waals surface area contributed by atoms with E-state index in [9.17, 15) is 4.79 Å². The maximum absolute atomic E-state index is 13.0. The molecule has 1 heterocycles. The molecule has 0 spiro atoms. The highest BCUT2D eigenvalue weighted by Crippen LogP contribution is 2.35. The Kier molecular flexibility index (Phi) is 3.12. The predicted octanol–water partition coefficient (Wildman–Crippen LogP) is 5.01. The zero-order valence-electron chi connectivity index (χ0n) is 11.8. The van der Waals surface area contributed by atoms with E-state index >= 15 is 0 Å². The fourth-order valence-electron chi connectivity index (χ4n) is 3.33. The number of thiophene rings is 1. The van der Waals surface area contributed by atoms with Crippen LogP contribution in [0.25, 0.3) is 10.1 Å². The summed E-state index contributed by atoms with van der Waals surface area (Å²) in [7, 11) is 0. The average Bonchev–Trinajstić information content (AvgIpc) is 3.00. The van der Waals surface area contributed by atoms with E-state index in [1.807, 2.05) is 30.3 Å². The van der Waals surface area contributed by atoms with E-state index in [1.165, 1.54) is 28.7 Å². The highest BCUT2D eigenvalue weighted by Gasteiger charge is 2.22. The van der Waals surface area contributed by atoms with Gasteiger partial charge in [0, 0.05) is 21.2 Å². The SMILES string of the molecule is O=C(c1ccccc1)c1c2c(cc3sccc13)CCCC2. The Morgan fingerprint density at radius 3 is 2.67 bits per heavy atom.